The van der Waals surface area contributed by atoms with Crippen LogP contribution in [0.4, 0.5) is 0 Å². The van der Waals surface area contributed by atoms with Crippen molar-refractivity contribution in [3.8, 4) is 0 Å². The lowest BCUT2D eigenvalue weighted by atomic mass is 10.0. The summed E-state index contributed by atoms with van der Waals surface area (Å²) in [7, 11) is 0. The summed E-state index contributed by atoms with van der Waals surface area (Å²) in [6, 6.07) is -0.725. The van der Waals surface area contributed by atoms with Crippen molar-refractivity contribution in [1.29, 1.82) is 0 Å². The minimum atomic E-state index is -0.807. The highest BCUT2D eigenvalue weighted by atomic mass is 16.5. The number of nitrogens with one attached hydrogen (secondary N) is 1. The zero-order chi connectivity index (χ0) is 43.1. The molecule has 0 aliphatic heterocycles. The molecule has 0 aliphatic rings. The van der Waals surface area contributed by atoms with Gasteiger partial charge in [0.25, 0.3) is 0 Å². The van der Waals surface area contributed by atoms with Crippen molar-refractivity contribution in [1.82, 2.24) is 5.32 Å². The summed E-state index contributed by atoms with van der Waals surface area (Å²) >= 11 is 0. The normalized spacial score (nSPS) is 13.6. The zero-order valence-electron chi connectivity index (χ0n) is 39.1. The van der Waals surface area contributed by atoms with E-state index in [1.54, 1.807) is 0 Å². The summed E-state index contributed by atoms with van der Waals surface area (Å²) in [5.74, 6) is -0.598. The number of carbonyl (C=O) groups is 2. The monoisotopic (exact) mass is 828 g/mol. The fourth-order valence-electron chi connectivity index (χ4n) is 7.54. The highest BCUT2D eigenvalue weighted by Gasteiger charge is 2.23. The van der Waals surface area contributed by atoms with Gasteiger partial charge in [0.2, 0.25) is 5.91 Å². The summed E-state index contributed by atoms with van der Waals surface area (Å²) in [5, 5.41) is 23.7. The standard InChI is InChI=1S/C53H97NO5/c1-4-7-10-13-16-19-22-25-28-29-32-35-38-41-44-49(59-53(58)46-43-40-37-34-31-27-24-21-18-15-12-9-6-3)47-52(57)54-50(48-55)51(56)45-42-39-36-33-30-26-23-20-17-14-11-8-5-2/h27-29,31-32,35,37,40,49-51,55-56H,4-26,30,33-34,36,38-39,41-48H2,1-3H3,(H,54,57)/b29-28+,31-27-,35-32+,40-37+. The summed E-state index contributed by atoms with van der Waals surface area (Å²) in [6.45, 7) is 6.44. The average molecular weight is 828 g/mol. The molecule has 59 heavy (non-hydrogen) atoms. The van der Waals surface area contributed by atoms with E-state index in [2.05, 4.69) is 68.6 Å². The number of hydrogen-bond donors (Lipinski definition) is 3. The topological polar surface area (TPSA) is 95.9 Å². The van der Waals surface area contributed by atoms with Crippen molar-refractivity contribution in [3.05, 3.63) is 48.6 Å². The number of allylic oxidation sites excluding steroid dienone is 8. The van der Waals surface area contributed by atoms with Crippen LogP contribution in [0.2, 0.25) is 0 Å². The number of esters is 1. The van der Waals surface area contributed by atoms with E-state index in [1.165, 1.54) is 148 Å². The van der Waals surface area contributed by atoms with Crippen LogP contribution in [0.3, 0.4) is 0 Å². The van der Waals surface area contributed by atoms with Crippen LogP contribution in [0.25, 0.3) is 0 Å². The Morgan fingerprint density at radius 3 is 1.42 bits per heavy atom. The number of aliphatic hydroxyl groups excluding tert-OH is 2. The molecule has 344 valence electrons. The van der Waals surface area contributed by atoms with E-state index in [4.69, 9.17) is 4.74 Å². The molecule has 0 heterocycles. The predicted molar refractivity (Wildman–Crippen MR) is 255 cm³/mol. The maximum absolute atomic E-state index is 13.2. The molecular formula is C53H97NO5. The van der Waals surface area contributed by atoms with Gasteiger partial charge in [0.1, 0.15) is 6.10 Å². The second-order valence-corrected chi connectivity index (χ2v) is 17.2. The van der Waals surface area contributed by atoms with E-state index >= 15 is 0 Å². The maximum Gasteiger partial charge on any atom is 0.306 e. The molecule has 0 rings (SSSR count). The van der Waals surface area contributed by atoms with Crippen molar-refractivity contribution in [2.24, 2.45) is 0 Å². The molecule has 6 nitrogen and oxygen atoms in total. The first-order valence-electron chi connectivity index (χ1n) is 25.4. The Labute approximate surface area is 366 Å². The van der Waals surface area contributed by atoms with Crippen LogP contribution in [-0.4, -0.2) is 46.9 Å². The number of ether oxygens (including phenoxy) is 1. The molecule has 0 spiro atoms. The van der Waals surface area contributed by atoms with E-state index < -0.39 is 18.2 Å². The molecule has 0 aromatic carbocycles. The van der Waals surface area contributed by atoms with Gasteiger partial charge in [0.15, 0.2) is 0 Å². The summed E-state index contributed by atoms with van der Waals surface area (Å²) in [5.41, 5.74) is 0. The van der Waals surface area contributed by atoms with Crippen molar-refractivity contribution in [3.63, 3.8) is 0 Å². The van der Waals surface area contributed by atoms with Gasteiger partial charge in [-0.25, -0.2) is 0 Å². The number of amides is 1. The van der Waals surface area contributed by atoms with Crippen molar-refractivity contribution >= 4 is 11.9 Å². The molecule has 0 radical (unpaired) electrons. The van der Waals surface area contributed by atoms with Gasteiger partial charge in [-0.1, -0.05) is 223 Å². The summed E-state index contributed by atoms with van der Waals surface area (Å²) < 4.78 is 5.86. The predicted octanol–water partition coefficient (Wildman–Crippen LogP) is 15.1. The first-order valence-corrected chi connectivity index (χ1v) is 25.4. The van der Waals surface area contributed by atoms with Gasteiger partial charge in [0.05, 0.1) is 25.2 Å². The largest absolute Gasteiger partial charge is 0.462 e. The van der Waals surface area contributed by atoms with Gasteiger partial charge < -0.3 is 20.3 Å². The molecule has 0 aromatic rings. The highest BCUT2D eigenvalue weighted by molar-refractivity contribution is 5.77. The molecule has 3 unspecified atom stereocenters. The number of aliphatic hydroxyl groups is 2. The molecule has 1 amide bonds. The molecule has 0 fully saturated rings. The van der Waals surface area contributed by atoms with Crippen LogP contribution in [0.15, 0.2) is 48.6 Å². The quantitative estimate of drug-likeness (QED) is 0.0246. The molecule has 0 aromatic heterocycles. The maximum atomic E-state index is 13.2. The van der Waals surface area contributed by atoms with Gasteiger partial charge in [-0.15, -0.1) is 0 Å². The van der Waals surface area contributed by atoms with Crippen LogP contribution in [0, 0.1) is 0 Å². The first kappa shape index (κ1) is 56.8. The Morgan fingerprint density at radius 1 is 0.508 bits per heavy atom. The fraction of sp³-hybridized carbons (Fsp3) is 0.811. The Kier molecular flexibility index (Phi) is 45.1. The molecule has 0 aliphatic carbocycles. The number of hydrogen-bond acceptors (Lipinski definition) is 5. The van der Waals surface area contributed by atoms with Crippen molar-refractivity contribution < 1.29 is 24.5 Å². The lowest BCUT2D eigenvalue weighted by Crippen LogP contribution is -2.46. The van der Waals surface area contributed by atoms with Gasteiger partial charge >= 0.3 is 5.97 Å². The van der Waals surface area contributed by atoms with E-state index in [1.807, 2.05) is 6.08 Å². The van der Waals surface area contributed by atoms with E-state index in [-0.39, 0.29) is 31.3 Å². The number of rotatable bonds is 45. The van der Waals surface area contributed by atoms with Gasteiger partial charge in [-0.05, 0) is 64.2 Å². The Balaban J connectivity index is 4.71. The molecule has 6 heteroatoms. The van der Waals surface area contributed by atoms with Gasteiger partial charge in [0, 0.05) is 6.42 Å². The highest BCUT2D eigenvalue weighted by Crippen LogP contribution is 2.16. The second-order valence-electron chi connectivity index (χ2n) is 17.2. The van der Waals surface area contributed by atoms with Crippen LogP contribution in [-0.2, 0) is 14.3 Å². The minimum absolute atomic E-state index is 0.0228. The van der Waals surface area contributed by atoms with Gasteiger partial charge in [-0.2, -0.15) is 0 Å². The fourth-order valence-corrected chi connectivity index (χ4v) is 7.54. The molecule has 0 saturated heterocycles. The smallest absolute Gasteiger partial charge is 0.306 e. The molecule has 3 atom stereocenters. The average Bonchev–Trinajstić information content (AvgIpc) is 3.23. The molecule has 0 saturated carbocycles. The van der Waals surface area contributed by atoms with Crippen LogP contribution in [0.5, 0.6) is 0 Å². The summed E-state index contributed by atoms with van der Waals surface area (Å²) in [4.78, 5) is 26.0. The third-order valence-corrected chi connectivity index (χ3v) is 11.4. The van der Waals surface area contributed by atoms with E-state index in [0.717, 1.165) is 51.4 Å². The van der Waals surface area contributed by atoms with Crippen LogP contribution >= 0.6 is 0 Å². The summed E-state index contributed by atoms with van der Waals surface area (Å²) in [6.07, 6.45) is 56.1. The zero-order valence-corrected chi connectivity index (χ0v) is 39.1. The molecule has 0 bridgehead atoms. The third kappa shape index (κ3) is 42.3. The Morgan fingerprint density at radius 2 is 0.932 bits per heavy atom. The minimum Gasteiger partial charge on any atom is -0.462 e. The lowest BCUT2D eigenvalue weighted by molar-refractivity contribution is -0.150. The van der Waals surface area contributed by atoms with Crippen molar-refractivity contribution in [2.45, 2.75) is 270 Å². The van der Waals surface area contributed by atoms with Gasteiger partial charge in [-0.3, -0.25) is 9.59 Å². The SMILES string of the molecule is CCCCCCCC/C=C\C/C=C/CCC(=O)OC(CCC/C=C/C=C/CCCCCCCCC)CC(=O)NC(CO)C(O)CCCCCCCCCCCCCCC. The van der Waals surface area contributed by atoms with Crippen molar-refractivity contribution in [2.75, 3.05) is 6.61 Å². The molecular weight excluding hydrogens is 731 g/mol. The molecule has 3 N–H and O–H groups in total. The second kappa shape index (κ2) is 46.9. The third-order valence-electron chi connectivity index (χ3n) is 11.4. The Hall–Kier alpha value is -2.18. The lowest BCUT2D eigenvalue weighted by Gasteiger charge is -2.24. The van der Waals surface area contributed by atoms with E-state index in [0.29, 0.717) is 19.3 Å². The number of carbonyl (C=O) groups excluding carboxylic acids is 2. The first-order chi connectivity index (χ1) is 29.0. The van der Waals surface area contributed by atoms with Crippen LogP contribution in [0.1, 0.15) is 252 Å². The Bertz CT molecular complexity index is 1020. The number of unbranched alkanes of at least 4 members (excludes halogenated alkanes) is 26. The van der Waals surface area contributed by atoms with Crippen LogP contribution < -0.4 is 5.32 Å². The van der Waals surface area contributed by atoms with E-state index in [9.17, 15) is 19.8 Å².